The van der Waals surface area contributed by atoms with Crippen molar-refractivity contribution in [1.82, 2.24) is 0 Å². The zero-order valence-corrected chi connectivity index (χ0v) is 13.3. The van der Waals surface area contributed by atoms with E-state index in [4.69, 9.17) is 9.47 Å². The molecule has 0 aromatic carbocycles. The van der Waals surface area contributed by atoms with Gasteiger partial charge in [0.2, 0.25) is 5.79 Å². The van der Waals surface area contributed by atoms with Crippen molar-refractivity contribution < 1.29 is 24.2 Å². The topological polar surface area (TPSA) is 72.8 Å². The number of carbonyl (C=O) groups is 2. The predicted molar refractivity (Wildman–Crippen MR) is 78.5 cm³/mol. The third kappa shape index (κ3) is 2.10. The fourth-order valence-corrected chi connectivity index (χ4v) is 4.33. The van der Waals surface area contributed by atoms with Gasteiger partial charge in [-0.1, -0.05) is 13.5 Å². The lowest BCUT2D eigenvalue weighted by Crippen LogP contribution is -2.51. The largest absolute Gasteiger partial charge is 0.458 e. The van der Waals surface area contributed by atoms with Crippen LogP contribution in [0.2, 0.25) is 0 Å². The molecule has 5 nitrogen and oxygen atoms in total. The van der Waals surface area contributed by atoms with E-state index in [0.29, 0.717) is 30.4 Å². The number of hydrogen-bond donors (Lipinski definition) is 1. The van der Waals surface area contributed by atoms with Gasteiger partial charge in [0.05, 0.1) is 0 Å². The normalized spacial score (nSPS) is 40.9. The number of hydrogen-bond acceptors (Lipinski definition) is 5. The molecule has 0 amide bonds. The molecule has 3 rings (SSSR count). The van der Waals surface area contributed by atoms with Crippen molar-refractivity contribution in [1.29, 1.82) is 0 Å². The maximum atomic E-state index is 11.8. The van der Waals surface area contributed by atoms with E-state index < -0.39 is 11.8 Å². The molecule has 0 bridgehead atoms. The fourth-order valence-electron chi connectivity index (χ4n) is 4.33. The summed E-state index contributed by atoms with van der Waals surface area (Å²) in [5.74, 6) is -2.15. The summed E-state index contributed by atoms with van der Waals surface area (Å²) >= 11 is 0. The number of aliphatic hydroxyl groups is 1. The molecule has 120 valence electrons. The lowest BCUT2D eigenvalue weighted by atomic mass is 9.56. The van der Waals surface area contributed by atoms with Crippen molar-refractivity contribution in [2.24, 2.45) is 11.3 Å². The van der Waals surface area contributed by atoms with E-state index in [1.807, 2.05) is 0 Å². The Labute approximate surface area is 130 Å². The van der Waals surface area contributed by atoms with E-state index in [9.17, 15) is 14.7 Å². The lowest BCUT2D eigenvalue weighted by molar-refractivity contribution is -0.205. The molecule has 1 heterocycles. The first-order valence-corrected chi connectivity index (χ1v) is 7.68. The van der Waals surface area contributed by atoms with E-state index in [2.05, 4.69) is 13.5 Å². The third-order valence-corrected chi connectivity index (χ3v) is 5.53. The van der Waals surface area contributed by atoms with Gasteiger partial charge in [0.25, 0.3) is 0 Å². The predicted octanol–water partition coefficient (Wildman–Crippen LogP) is 2.25. The second-order valence-corrected chi connectivity index (χ2v) is 7.08. The Morgan fingerprint density at radius 1 is 1.50 bits per heavy atom. The van der Waals surface area contributed by atoms with Gasteiger partial charge in [-0.25, -0.2) is 4.79 Å². The highest BCUT2D eigenvalue weighted by molar-refractivity contribution is 5.92. The van der Waals surface area contributed by atoms with Crippen LogP contribution >= 0.6 is 0 Å². The number of fused-ring (bicyclic) bond motifs is 2. The molecular weight excluding hydrogens is 284 g/mol. The number of rotatable bonds is 1. The van der Waals surface area contributed by atoms with Gasteiger partial charge in [0.1, 0.15) is 6.10 Å². The van der Waals surface area contributed by atoms with Gasteiger partial charge >= 0.3 is 11.9 Å². The molecule has 3 aliphatic rings. The average Bonchev–Trinajstić information content (AvgIpc) is 2.61. The maximum Gasteiger partial charge on any atom is 0.336 e. The van der Waals surface area contributed by atoms with Crippen LogP contribution in [0.1, 0.15) is 46.5 Å². The van der Waals surface area contributed by atoms with E-state index in [1.165, 1.54) is 6.92 Å². The van der Waals surface area contributed by atoms with Crippen molar-refractivity contribution in [3.05, 3.63) is 23.3 Å². The summed E-state index contributed by atoms with van der Waals surface area (Å²) in [6.07, 6.45) is 2.10. The van der Waals surface area contributed by atoms with E-state index in [0.717, 1.165) is 12.0 Å². The fraction of sp³-hybridized carbons (Fsp3) is 0.647. The molecule has 0 aromatic heterocycles. The van der Waals surface area contributed by atoms with Gasteiger partial charge in [-0.3, -0.25) is 4.79 Å². The van der Waals surface area contributed by atoms with E-state index >= 15 is 0 Å². The van der Waals surface area contributed by atoms with Gasteiger partial charge in [0.15, 0.2) is 0 Å². The molecule has 1 N–H and O–H groups in total. The molecule has 0 radical (unpaired) electrons. The average molecular weight is 306 g/mol. The first kappa shape index (κ1) is 15.3. The SMILES string of the molecule is C=C1[C@H](OC(C)=O)CC[C@]2(C)C[C@]3(O)OC(=O)C(C)=C3C[C@@H]12. The van der Waals surface area contributed by atoms with E-state index in [1.54, 1.807) is 6.92 Å². The molecule has 22 heavy (non-hydrogen) atoms. The van der Waals surface area contributed by atoms with Crippen LogP contribution in [0.3, 0.4) is 0 Å². The van der Waals surface area contributed by atoms with Crippen molar-refractivity contribution >= 4 is 11.9 Å². The highest BCUT2D eigenvalue weighted by atomic mass is 16.7. The smallest absolute Gasteiger partial charge is 0.336 e. The monoisotopic (exact) mass is 306 g/mol. The molecule has 0 aromatic rings. The van der Waals surface area contributed by atoms with E-state index in [-0.39, 0.29) is 23.4 Å². The van der Waals surface area contributed by atoms with Crippen molar-refractivity contribution in [2.75, 3.05) is 0 Å². The Morgan fingerprint density at radius 3 is 2.82 bits per heavy atom. The van der Waals surface area contributed by atoms with Gasteiger partial charge < -0.3 is 14.6 Å². The zero-order valence-electron chi connectivity index (χ0n) is 13.3. The summed E-state index contributed by atoms with van der Waals surface area (Å²) in [5.41, 5.74) is 1.82. The first-order valence-electron chi connectivity index (χ1n) is 7.68. The minimum atomic E-state index is -1.47. The van der Waals surface area contributed by atoms with Crippen LogP contribution in [-0.2, 0) is 19.1 Å². The van der Waals surface area contributed by atoms with Crippen LogP contribution in [0, 0.1) is 11.3 Å². The Balaban J connectivity index is 1.93. The molecule has 1 aliphatic heterocycles. The number of ether oxygens (including phenoxy) is 2. The summed E-state index contributed by atoms with van der Waals surface area (Å²) in [7, 11) is 0. The minimum Gasteiger partial charge on any atom is -0.458 e. The molecule has 0 saturated heterocycles. The standard InChI is InChI=1S/C17H22O5/c1-9-12-7-13-10(2)15(19)22-17(13,20)8-16(12,4)6-5-14(9)21-11(3)18/h12,14,20H,1,5-8H2,2-4H3/t12-,14+,16+,17-/m0/s1. The van der Waals surface area contributed by atoms with Crippen LogP contribution in [0.5, 0.6) is 0 Å². The Bertz CT molecular complexity index is 604. The summed E-state index contributed by atoms with van der Waals surface area (Å²) in [6.45, 7) is 9.33. The van der Waals surface area contributed by atoms with Crippen LogP contribution < -0.4 is 0 Å². The van der Waals surface area contributed by atoms with Gasteiger partial charge in [-0.05, 0) is 43.1 Å². The van der Waals surface area contributed by atoms with Crippen molar-refractivity contribution in [3.63, 3.8) is 0 Å². The highest BCUT2D eigenvalue weighted by Crippen LogP contribution is 2.58. The van der Waals surface area contributed by atoms with Crippen LogP contribution in [0.4, 0.5) is 0 Å². The molecule has 0 unspecified atom stereocenters. The highest BCUT2D eigenvalue weighted by Gasteiger charge is 2.58. The summed E-state index contributed by atoms with van der Waals surface area (Å²) in [4.78, 5) is 23.1. The second kappa shape index (κ2) is 4.69. The first-order chi connectivity index (χ1) is 10.2. The summed E-state index contributed by atoms with van der Waals surface area (Å²) in [5, 5.41) is 10.7. The van der Waals surface area contributed by atoms with Crippen LogP contribution in [-0.4, -0.2) is 28.9 Å². The summed E-state index contributed by atoms with van der Waals surface area (Å²) in [6, 6.07) is 0. The Kier molecular flexibility index (Phi) is 3.25. The molecule has 2 saturated carbocycles. The van der Waals surface area contributed by atoms with Crippen LogP contribution in [0.15, 0.2) is 23.3 Å². The molecule has 2 aliphatic carbocycles. The Morgan fingerprint density at radius 2 is 2.18 bits per heavy atom. The number of carbonyl (C=O) groups excluding carboxylic acids is 2. The Hall–Kier alpha value is -1.62. The third-order valence-electron chi connectivity index (χ3n) is 5.53. The second-order valence-electron chi connectivity index (χ2n) is 7.08. The lowest BCUT2D eigenvalue weighted by Gasteiger charge is -2.52. The molecule has 4 atom stereocenters. The van der Waals surface area contributed by atoms with Crippen LogP contribution in [0.25, 0.3) is 0 Å². The maximum absolute atomic E-state index is 11.8. The molecule has 2 fully saturated rings. The molecular formula is C17H22O5. The molecule has 5 heteroatoms. The molecule has 0 spiro atoms. The minimum absolute atomic E-state index is 0.0744. The van der Waals surface area contributed by atoms with Gasteiger partial charge in [-0.2, -0.15) is 0 Å². The van der Waals surface area contributed by atoms with Gasteiger partial charge in [-0.15, -0.1) is 0 Å². The van der Waals surface area contributed by atoms with Crippen molar-refractivity contribution in [2.45, 2.75) is 58.3 Å². The van der Waals surface area contributed by atoms with Gasteiger partial charge in [0, 0.05) is 24.5 Å². The zero-order chi connectivity index (χ0) is 16.3. The van der Waals surface area contributed by atoms with Crippen molar-refractivity contribution in [3.8, 4) is 0 Å². The quantitative estimate of drug-likeness (QED) is 0.594. The summed E-state index contributed by atoms with van der Waals surface area (Å²) < 4.78 is 10.6. The number of esters is 2.